The fraction of sp³-hybridized carbons (Fsp3) is 0.923. The van der Waals surface area contributed by atoms with Crippen molar-refractivity contribution in [1.29, 1.82) is 0 Å². The van der Waals surface area contributed by atoms with E-state index in [1.165, 1.54) is 0 Å². The first kappa shape index (κ1) is 15.4. The van der Waals surface area contributed by atoms with Crippen molar-refractivity contribution in [3.63, 3.8) is 0 Å². The smallest absolute Gasteiger partial charge is 0.222 e. The average molecular weight is 258 g/mol. The fourth-order valence-electron chi connectivity index (χ4n) is 2.23. The molecule has 0 bridgehead atoms. The highest BCUT2D eigenvalue weighted by Gasteiger charge is 2.21. The summed E-state index contributed by atoms with van der Waals surface area (Å²) in [7, 11) is 3.35. The molecule has 0 aliphatic carbocycles. The number of methoxy groups -OCH3 is 2. The monoisotopic (exact) mass is 258 g/mol. The van der Waals surface area contributed by atoms with Crippen molar-refractivity contribution >= 4 is 5.91 Å². The Morgan fingerprint density at radius 1 is 1.28 bits per heavy atom. The molecule has 1 N–H and O–H groups in total. The van der Waals surface area contributed by atoms with E-state index < -0.39 is 0 Å². The predicted molar refractivity (Wildman–Crippen MR) is 70.5 cm³/mol. The molecule has 1 saturated heterocycles. The highest BCUT2D eigenvalue weighted by molar-refractivity contribution is 5.76. The first-order valence-corrected chi connectivity index (χ1v) is 6.74. The quantitative estimate of drug-likeness (QED) is 0.612. The summed E-state index contributed by atoms with van der Waals surface area (Å²) in [5, 5.41) is 3.30. The van der Waals surface area contributed by atoms with Crippen molar-refractivity contribution in [3.8, 4) is 0 Å². The lowest BCUT2D eigenvalue weighted by Gasteiger charge is -2.23. The van der Waals surface area contributed by atoms with Gasteiger partial charge in [0.2, 0.25) is 5.91 Å². The van der Waals surface area contributed by atoms with E-state index in [1.54, 1.807) is 14.2 Å². The minimum absolute atomic E-state index is 0.247. The number of rotatable bonds is 9. The molecule has 0 spiro atoms. The Balaban J connectivity index is 2.32. The molecule has 1 amide bonds. The zero-order valence-corrected chi connectivity index (χ0v) is 11.6. The Morgan fingerprint density at radius 2 is 2.06 bits per heavy atom. The second kappa shape index (κ2) is 9.30. The summed E-state index contributed by atoms with van der Waals surface area (Å²) >= 11 is 0. The van der Waals surface area contributed by atoms with Crippen molar-refractivity contribution in [2.75, 3.05) is 53.6 Å². The van der Waals surface area contributed by atoms with E-state index in [0.717, 1.165) is 32.5 Å². The average Bonchev–Trinajstić information content (AvgIpc) is 2.86. The molecule has 0 aromatic carbocycles. The number of carbonyl (C=O) groups excluding carboxylic acids is 1. The summed E-state index contributed by atoms with van der Waals surface area (Å²) in [6.45, 7) is 4.75. The Bertz CT molecular complexity index is 230. The lowest BCUT2D eigenvalue weighted by molar-refractivity contribution is -0.132. The van der Waals surface area contributed by atoms with Crippen LogP contribution in [-0.2, 0) is 14.3 Å². The van der Waals surface area contributed by atoms with Crippen LogP contribution in [0.2, 0.25) is 0 Å². The summed E-state index contributed by atoms with van der Waals surface area (Å²) in [5.74, 6) is 0.752. The van der Waals surface area contributed by atoms with Gasteiger partial charge in [0.15, 0.2) is 0 Å². The molecule has 5 heteroatoms. The molecule has 1 aliphatic rings. The molecule has 106 valence electrons. The van der Waals surface area contributed by atoms with Crippen molar-refractivity contribution in [2.45, 2.75) is 19.3 Å². The van der Waals surface area contributed by atoms with Crippen LogP contribution in [0.4, 0.5) is 0 Å². The van der Waals surface area contributed by atoms with Crippen LogP contribution in [0.25, 0.3) is 0 Å². The highest BCUT2D eigenvalue weighted by atomic mass is 16.5. The standard InChI is InChI=1S/C13H26N2O3/c1-17-8-3-6-15(7-9-18-2)13(16)10-12-4-5-14-11-12/h12,14H,3-11H2,1-2H3. The maximum Gasteiger partial charge on any atom is 0.222 e. The Hall–Kier alpha value is -0.650. The summed E-state index contributed by atoms with van der Waals surface area (Å²) in [6, 6.07) is 0. The van der Waals surface area contributed by atoms with Crippen LogP contribution in [0, 0.1) is 5.92 Å². The summed E-state index contributed by atoms with van der Waals surface area (Å²) in [5.41, 5.74) is 0. The summed E-state index contributed by atoms with van der Waals surface area (Å²) in [4.78, 5) is 14.1. The van der Waals surface area contributed by atoms with Crippen LogP contribution in [0.1, 0.15) is 19.3 Å². The molecular formula is C13H26N2O3. The van der Waals surface area contributed by atoms with Crippen LogP contribution in [0.15, 0.2) is 0 Å². The zero-order chi connectivity index (χ0) is 13.2. The maximum atomic E-state index is 12.2. The van der Waals surface area contributed by atoms with Crippen LogP contribution >= 0.6 is 0 Å². The topological polar surface area (TPSA) is 50.8 Å². The first-order chi connectivity index (χ1) is 8.77. The van der Waals surface area contributed by atoms with Crippen molar-refractivity contribution in [2.24, 2.45) is 5.92 Å². The van der Waals surface area contributed by atoms with E-state index in [9.17, 15) is 4.79 Å². The van der Waals surface area contributed by atoms with Gasteiger partial charge in [-0.1, -0.05) is 0 Å². The summed E-state index contributed by atoms with van der Waals surface area (Å²) in [6.07, 6.45) is 2.65. The lowest BCUT2D eigenvalue weighted by Crippen LogP contribution is -2.36. The third-order valence-corrected chi connectivity index (χ3v) is 3.32. The number of amides is 1. The maximum absolute atomic E-state index is 12.2. The number of carbonyl (C=O) groups is 1. The van der Waals surface area contributed by atoms with E-state index in [0.29, 0.717) is 32.1 Å². The third kappa shape index (κ3) is 5.80. The van der Waals surface area contributed by atoms with E-state index in [-0.39, 0.29) is 5.91 Å². The number of nitrogens with zero attached hydrogens (tertiary/aromatic N) is 1. The molecule has 18 heavy (non-hydrogen) atoms. The van der Waals surface area contributed by atoms with Crippen LogP contribution in [0.5, 0.6) is 0 Å². The van der Waals surface area contributed by atoms with E-state index in [4.69, 9.17) is 9.47 Å². The zero-order valence-electron chi connectivity index (χ0n) is 11.6. The van der Waals surface area contributed by atoms with Crippen molar-refractivity contribution < 1.29 is 14.3 Å². The molecule has 1 unspecified atom stereocenters. The number of hydrogen-bond acceptors (Lipinski definition) is 4. The Labute approximate surface area is 110 Å². The largest absolute Gasteiger partial charge is 0.385 e. The molecule has 1 heterocycles. The van der Waals surface area contributed by atoms with Gasteiger partial charge in [0.25, 0.3) is 0 Å². The van der Waals surface area contributed by atoms with Gasteiger partial charge in [-0.25, -0.2) is 0 Å². The number of ether oxygens (including phenoxy) is 2. The Kier molecular flexibility index (Phi) is 7.96. The van der Waals surface area contributed by atoms with E-state index in [1.807, 2.05) is 4.90 Å². The molecule has 0 saturated carbocycles. The van der Waals surface area contributed by atoms with Gasteiger partial charge >= 0.3 is 0 Å². The molecule has 0 aromatic heterocycles. The number of nitrogens with one attached hydrogen (secondary N) is 1. The SMILES string of the molecule is COCCCN(CCOC)C(=O)CC1CCNC1. The van der Waals surface area contributed by atoms with Gasteiger partial charge in [0.1, 0.15) is 0 Å². The van der Waals surface area contributed by atoms with Gasteiger partial charge in [-0.3, -0.25) is 4.79 Å². The number of hydrogen-bond donors (Lipinski definition) is 1. The molecule has 0 radical (unpaired) electrons. The van der Waals surface area contributed by atoms with Gasteiger partial charge in [-0.15, -0.1) is 0 Å². The van der Waals surface area contributed by atoms with Crippen LogP contribution in [-0.4, -0.2) is 64.4 Å². The second-order valence-corrected chi connectivity index (χ2v) is 4.78. The molecule has 1 aliphatic heterocycles. The Morgan fingerprint density at radius 3 is 2.67 bits per heavy atom. The normalized spacial score (nSPS) is 19.1. The van der Waals surface area contributed by atoms with Crippen molar-refractivity contribution in [3.05, 3.63) is 0 Å². The van der Waals surface area contributed by atoms with Crippen LogP contribution in [0.3, 0.4) is 0 Å². The van der Waals surface area contributed by atoms with Gasteiger partial charge in [-0.05, 0) is 31.8 Å². The fourth-order valence-corrected chi connectivity index (χ4v) is 2.23. The lowest BCUT2D eigenvalue weighted by atomic mass is 10.0. The summed E-state index contributed by atoms with van der Waals surface area (Å²) < 4.78 is 10.1. The molecule has 5 nitrogen and oxygen atoms in total. The van der Waals surface area contributed by atoms with Gasteiger partial charge in [-0.2, -0.15) is 0 Å². The molecular weight excluding hydrogens is 232 g/mol. The van der Waals surface area contributed by atoms with Gasteiger partial charge < -0.3 is 19.7 Å². The first-order valence-electron chi connectivity index (χ1n) is 6.74. The van der Waals surface area contributed by atoms with Crippen molar-refractivity contribution in [1.82, 2.24) is 10.2 Å². The van der Waals surface area contributed by atoms with E-state index >= 15 is 0 Å². The predicted octanol–water partition coefficient (Wildman–Crippen LogP) is 0.498. The molecule has 0 aromatic rings. The molecule has 1 rings (SSSR count). The van der Waals surface area contributed by atoms with E-state index in [2.05, 4.69) is 5.32 Å². The highest BCUT2D eigenvalue weighted by Crippen LogP contribution is 2.14. The minimum atomic E-state index is 0.247. The van der Waals surface area contributed by atoms with Gasteiger partial charge in [0.05, 0.1) is 6.61 Å². The van der Waals surface area contributed by atoms with Gasteiger partial charge in [0, 0.05) is 40.3 Å². The third-order valence-electron chi connectivity index (χ3n) is 3.32. The minimum Gasteiger partial charge on any atom is -0.385 e. The van der Waals surface area contributed by atoms with Crippen LogP contribution < -0.4 is 5.32 Å². The molecule has 1 atom stereocenters. The second-order valence-electron chi connectivity index (χ2n) is 4.78. The molecule has 1 fully saturated rings.